The quantitative estimate of drug-likeness (QED) is 0.141. The van der Waals surface area contributed by atoms with Gasteiger partial charge in [0.05, 0.1) is 13.2 Å². The standard InChI is InChI=1S/C29H47N4O9P/c1-9-20(8)25(27(35)30-19(6)7)33-26(34)23(31-29(38)32-24(28(36)37)16-18(4)5)17-21-12-14-22(15-13-21)42-43(39,40-10-2)41-11-3/h12-15,18,20,23-25H,6,9-11,16-17H2,1-5,7-8H3,(H,30,35)(H,33,34)(H,36,37)(H2,31,32,38). The number of benzene rings is 1. The minimum Gasteiger partial charge on any atom is -0.480 e. The smallest absolute Gasteiger partial charge is 0.480 e. The van der Waals surface area contributed by atoms with Gasteiger partial charge < -0.3 is 30.9 Å². The highest BCUT2D eigenvalue weighted by Gasteiger charge is 2.31. The Morgan fingerprint density at radius 3 is 1.93 bits per heavy atom. The van der Waals surface area contributed by atoms with Crippen LogP contribution in [-0.2, 0) is 34.4 Å². The van der Waals surface area contributed by atoms with Crippen molar-refractivity contribution in [2.45, 2.75) is 85.9 Å². The monoisotopic (exact) mass is 626 g/mol. The van der Waals surface area contributed by atoms with Crippen molar-refractivity contribution < 1.29 is 42.4 Å². The Hall–Kier alpha value is -3.41. The Morgan fingerprint density at radius 1 is 0.907 bits per heavy atom. The number of urea groups is 1. The number of rotatable bonds is 19. The molecule has 4 atom stereocenters. The average molecular weight is 627 g/mol. The number of hydrogen-bond donors (Lipinski definition) is 5. The Labute approximate surface area is 254 Å². The van der Waals surface area contributed by atoms with Crippen LogP contribution < -0.4 is 25.8 Å². The number of carboxylic acids is 1. The van der Waals surface area contributed by atoms with Gasteiger partial charge in [-0.3, -0.25) is 18.6 Å². The van der Waals surface area contributed by atoms with Gasteiger partial charge in [0.25, 0.3) is 0 Å². The second-order valence-corrected chi connectivity index (χ2v) is 12.1. The highest BCUT2D eigenvalue weighted by Crippen LogP contribution is 2.49. The number of carbonyl (C=O) groups excluding carboxylic acids is 3. The Balaban J connectivity index is 3.26. The topological polar surface area (TPSA) is 181 Å². The second-order valence-electron chi connectivity index (χ2n) is 10.6. The first-order chi connectivity index (χ1) is 20.1. The Bertz CT molecular complexity index is 1130. The molecule has 1 rings (SSSR count). The molecule has 4 unspecified atom stereocenters. The number of allylic oxidation sites excluding steroid dienone is 1. The van der Waals surface area contributed by atoms with E-state index in [9.17, 15) is 28.8 Å². The van der Waals surface area contributed by atoms with Gasteiger partial charge in [0.15, 0.2) is 0 Å². The van der Waals surface area contributed by atoms with Crippen molar-refractivity contribution in [1.29, 1.82) is 0 Å². The molecular formula is C29H47N4O9P. The normalized spacial score (nSPS) is 14.1. The van der Waals surface area contributed by atoms with Gasteiger partial charge in [-0.2, -0.15) is 0 Å². The molecule has 0 fully saturated rings. The molecule has 4 amide bonds. The van der Waals surface area contributed by atoms with Crippen LogP contribution in [0.2, 0.25) is 0 Å². The van der Waals surface area contributed by atoms with Crippen LogP contribution in [0, 0.1) is 11.8 Å². The first-order valence-corrected chi connectivity index (χ1v) is 15.8. The van der Waals surface area contributed by atoms with Crippen molar-refractivity contribution >= 4 is 31.6 Å². The first-order valence-electron chi connectivity index (χ1n) is 14.4. The van der Waals surface area contributed by atoms with Crippen molar-refractivity contribution in [1.82, 2.24) is 21.3 Å². The van der Waals surface area contributed by atoms with Crippen LogP contribution in [0.3, 0.4) is 0 Å². The highest BCUT2D eigenvalue weighted by atomic mass is 31.2. The third kappa shape index (κ3) is 13.6. The summed E-state index contributed by atoms with van der Waals surface area (Å²) in [6.07, 6.45) is 0.744. The van der Waals surface area contributed by atoms with E-state index in [1.807, 2.05) is 27.7 Å². The molecule has 0 aliphatic heterocycles. The molecule has 0 saturated heterocycles. The van der Waals surface area contributed by atoms with Crippen LogP contribution in [-0.4, -0.2) is 60.3 Å². The van der Waals surface area contributed by atoms with Crippen LogP contribution in [0.25, 0.3) is 0 Å². The predicted molar refractivity (Wildman–Crippen MR) is 162 cm³/mol. The van der Waals surface area contributed by atoms with E-state index in [-0.39, 0.29) is 43.6 Å². The number of phosphoric ester groups is 1. The molecule has 1 aromatic carbocycles. The van der Waals surface area contributed by atoms with Gasteiger partial charge in [-0.1, -0.05) is 52.8 Å². The van der Waals surface area contributed by atoms with Crippen molar-refractivity contribution in [3.63, 3.8) is 0 Å². The van der Waals surface area contributed by atoms with E-state index in [0.717, 1.165) is 0 Å². The molecule has 0 bridgehead atoms. The maximum atomic E-state index is 13.5. The summed E-state index contributed by atoms with van der Waals surface area (Å²) in [6, 6.07) is 2.11. The van der Waals surface area contributed by atoms with Gasteiger partial charge >= 0.3 is 19.8 Å². The fourth-order valence-corrected chi connectivity index (χ4v) is 5.15. The molecule has 5 N–H and O–H groups in total. The fraction of sp³-hybridized carbons (Fsp3) is 0.586. The van der Waals surface area contributed by atoms with Gasteiger partial charge in [-0.15, -0.1) is 0 Å². The van der Waals surface area contributed by atoms with Crippen molar-refractivity contribution in [2.24, 2.45) is 11.8 Å². The van der Waals surface area contributed by atoms with E-state index in [1.165, 1.54) is 12.1 Å². The number of hydrogen-bond acceptors (Lipinski definition) is 8. The van der Waals surface area contributed by atoms with Crippen LogP contribution in [0.5, 0.6) is 5.75 Å². The van der Waals surface area contributed by atoms with E-state index in [0.29, 0.717) is 17.7 Å². The number of phosphoric acid groups is 1. The molecular weight excluding hydrogens is 579 g/mol. The Kier molecular flexibility index (Phi) is 16.0. The maximum absolute atomic E-state index is 13.5. The van der Waals surface area contributed by atoms with E-state index >= 15 is 0 Å². The lowest BCUT2D eigenvalue weighted by molar-refractivity contribution is -0.139. The van der Waals surface area contributed by atoms with Crippen molar-refractivity contribution in [3.8, 4) is 5.75 Å². The highest BCUT2D eigenvalue weighted by molar-refractivity contribution is 7.48. The maximum Gasteiger partial charge on any atom is 0.530 e. The predicted octanol–water partition coefficient (Wildman–Crippen LogP) is 4.14. The first kappa shape index (κ1) is 37.6. The van der Waals surface area contributed by atoms with Crippen molar-refractivity contribution in [3.05, 3.63) is 42.1 Å². The third-order valence-corrected chi connectivity index (χ3v) is 7.80. The molecule has 43 heavy (non-hydrogen) atoms. The molecule has 14 heteroatoms. The van der Waals surface area contributed by atoms with Gasteiger partial charge in [0.1, 0.15) is 23.9 Å². The summed E-state index contributed by atoms with van der Waals surface area (Å²) in [5, 5.41) is 19.9. The lowest BCUT2D eigenvalue weighted by Crippen LogP contribution is -2.58. The summed E-state index contributed by atoms with van der Waals surface area (Å²) in [5.41, 5.74) is 0.992. The zero-order chi connectivity index (χ0) is 32.7. The van der Waals surface area contributed by atoms with Gasteiger partial charge in [-0.25, -0.2) is 14.2 Å². The molecule has 0 aliphatic carbocycles. The van der Waals surface area contributed by atoms with Crippen LogP contribution in [0.4, 0.5) is 4.79 Å². The van der Waals surface area contributed by atoms with Crippen molar-refractivity contribution in [2.75, 3.05) is 13.2 Å². The van der Waals surface area contributed by atoms with E-state index in [2.05, 4.69) is 27.8 Å². The minimum atomic E-state index is -3.82. The second kappa shape index (κ2) is 18.3. The molecule has 0 saturated carbocycles. The largest absolute Gasteiger partial charge is 0.530 e. The average Bonchev–Trinajstić information content (AvgIpc) is 2.90. The van der Waals surface area contributed by atoms with Gasteiger partial charge in [-0.05, 0) is 56.7 Å². The van der Waals surface area contributed by atoms with Crippen LogP contribution >= 0.6 is 7.82 Å². The molecule has 0 spiro atoms. The van der Waals surface area contributed by atoms with Crippen LogP contribution in [0.1, 0.15) is 66.9 Å². The summed E-state index contributed by atoms with van der Waals surface area (Å²) in [7, 11) is -3.82. The molecule has 1 aromatic rings. The third-order valence-electron chi connectivity index (χ3n) is 6.22. The van der Waals surface area contributed by atoms with E-state index in [4.69, 9.17) is 13.6 Å². The summed E-state index contributed by atoms with van der Waals surface area (Å²) in [4.78, 5) is 51.0. The Morgan fingerprint density at radius 2 is 1.47 bits per heavy atom. The zero-order valence-electron chi connectivity index (χ0n) is 26.1. The molecule has 0 aliphatic rings. The summed E-state index contributed by atoms with van der Waals surface area (Å²) in [5.74, 6) is -2.36. The molecule has 0 radical (unpaired) electrons. The van der Waals surface area contributed by atoms with Gasteiger partial charge in [0, 0.05) is 12.1 Å². The summed E-state index contributed by atoms with van der Waals surface area (Å²) < 4.78 is 28.5. The SMILES string of the molecule is C=C(C)NC(=O)C(NC(=O)C(Cc1ccc(OP(=O)(OCC)OCC)cc1)NC(=O)NC(CC(C)C)C(=O)O)C(C)CC. The zero-order valence-corrected chi connectivity index (χ0v) is 27.0. The van der Waals surface area contributed by atoms with E-state index in [1.54, 1.807) is 32.9 Å². The molecule has 0 aromatic heterocycles. The van der Waals surface area contributed by atoms with E-state index < -0.39 is 49.8 Å². The number of amides is 4. The molecule has 0 heterocycles. The number of carboxylic acid groups (broad SMARTS) is 1. The molecule has 13 nitrogen and oxygen atoms in total. The fourth-order valence-electron chi connectivity index (χ4n) is 3.96. The number of carbonyl (C=O) groups is 4. The summed E-state index contributed by atoms with van der Waals surface area (Å²) in [6.45, 7) is 16.2. The summed E-state index contributed by atoms with van der Waals surface area (Å²) >= 11 is 0. The lowest BCUT2D eigenvalue weighted by atomic mass is 9.97. The van der Waals surface area contributed by atoms with Crippen LogP contribution in [0.15, 0.2) is 36.5 Å². The number of nitrogens with one attached hydrogen (secondary N) is 4. The minimum absolute atomic E-state index is 0.00916. The lowest BCUT2D eigenvalue weighted by Gasteiger charge is -2.27. The van der Waals surface area contributed by atoms with Gasteiger partial charge in [0.2, 0.25) is 11.8 Å². The number of aliphatic carboxylic acids is 1. The molecule has 242 valence electrons.